The maximum atomic E-state index is 13.5. The van der Waals surface area contributed by atoms with Crippen molar-refractivity contribution >= 4 is 94.4 Å². The van der Waals surface area contributed by atoms with Crippen LogP contribution in [-0.4, -0.2) is 375 Å². The third kappa shape index (κ3) is 34.2. The molecule has 0 radical (unpaired) electrons. The van der Waals surface area contributed by atoms with E-state index in [-0.39, 0.29) is 195 Å². The van der Waals surface area contributed by atoms with Gasteiger partial charge in [0.05, 0.1) is 52.4 Å². The van der Waals surface area contributed by atoms with Gasteiger partial charge >= 0.3 is 35.8 Å². The van der Waals surface area contributed by atoms with Crippen LogP contribution in [-0.2, 0) is 67.1 Å². The fourth-order valence-electron chi connectivity index (χ4n) is 9.05. The molecule has 2 aliphatic heterocycles. The zero-order valence-electron chi connectivity index (χ0n) is 50.8. The van der Waals surface area contributed by atoms with Crippen molar-refractivity contribution in [3.63, 3.8) is 0 Å². The molecule has 2 saturated heterocycles. The summed E-state index contributed by atoms with van der Waals surface area (Å²) in [4.78, 5) is 209. The van der Waals surface area contributed by atoms with Crippen LogP contribution in [0.3, 0.4) is 0 Å². The first kappa shape index (κ1) is 77.2. The molecule has 40 heteroatoms. The van der Waals surface area contributed by atoms with Crippen molar-refractivity contribution in [3.05, 3.63) is 20.4 Å². The van der Waals surface area contributed by atoms with Gasteiger partial charge in [-0.05, 0) is 0 Å². The average molecular weight is 1310 g/mol. The Kier molecular flexibility index (Phi) is 35.3. The van der Waals surface area contributed by atoms with Gasteiger partial charge in [0.1, 0.15) is 50.6 Å². The second-order valence-corrected chi connectivity index (χ2v) is 21.2. The maximum Gasteiger partial charge on any atom is 0.322 e. The van der Waals surface area contributed by atoms with E-state index in [1.165, 1.54) is 0 Å². The summed E-state index contributed by atoms with van der Waals surface area (Å²) in [7, 11) is 0. The third-order valence-corrected chi connectivity index (χ3v) is 13.8. The third-order valence-electron chi connectivity index (χ3n) is 13.8. The summed E-state index contributed by atoms with van der Waals surface area (Å²) in [6.45, 7) is -4.11. The van der Waals surface area contributed by atoms with Crippen LogP contribution in [0.15, 0.2) is 9.59 Å². The molecular weight excluding hydrogens is 1230 g/mol. The number of aliphatic carboxylic acids is 6. The summed E-state index contributed by atoms with van der Waals surface area (Å²) in [5, 5.41) is 79.3. The van der Waals surface area contributed by atoms with Crippen LogP contribution < -0.4 is 64.0 Å². The number of carboxylic acid groups (broad SMARTS) is 6. The number of carbonyl (C=O) groups is 14. The quantitative estimate of drug-likeness (QED) is 0.0219. The van der Waals surface area contributed by atoms with E-state index in [1.807, 2.05) is 0 Å². The van der Waals surface area contributed by atoms with E-state index < -0.39 is 133 Å². The molecule has 0 bridgehead atoms. The second kappa shape index (κ2) is 42.1. The predicted molar refractivity (Wildman–Crippen MR) is 320 cm³/mol. The number of carboxylic acids is 6. The lowest BCUT2D eigenvalue weighted by atomic mass is 10.2. The zero-order chi connectivity index (χ0) is 68.1. The van der Waals surface area contributed by atoms with Crippen LogP contribution in [0.1, 0.15) is 0 Å². The summed E-state index contributed by atoms with van der Waals surface area (Å²) >= 11 is 0. The summed E-state index contributed by atoms with van der Waals surface area (Å²) in [5.74, 6) is -12.4. The van der Waals surface area contributed by atoms with Crippen molar-refractivity contribution < 1.29 is 97.8 Å². The number of hydrogen-bond acceptors (Lipinski definition) is 26. The van der Waals surface area contributed by atoms with E-state index in [0.29, 0.717) is 0 Å². The van der Waals surface area contributed by atoms with Gasteiger partial charge in [0, 0.05) is 131 Å². The van der Waals surface area contributed by atoms with Gasteiger partial charge in [-0.3, -0.25) is 116 Å². The highest BCUT2D eigenvalue weighted by Gasteiger charge is 2.26. The molecule has 0 atom stereocenters. The van der Waals surface area contributed by atoms with Crippen LogP contribution >= 0.6 is 0 Å². The highest BCUT2D eigenvalue weighted by Crippen LogP contribution is 2.13. The standard InChI is InChI=1S/C52H84N18O22/c71-35(27-63-5-9-65(29-37(73)57-21-43(79)80)13-17-69(33-41(77)61-25-47(87)88)18-14-66(10-6-63)30-38(74)58-22-44(81)82)53-1-3-55-49-50(52(92)51(49)91)56-4-2-54-36(72)28-64-7-11-67(31-39(75)59-23-45(83)84)15-19-70(34-42(78)62-26-48(89)90)20-16-68(12-8-64)32-40(76)60-24-46(85)86/h55-56H,1-34H2,(H,53,71)(H,54,72)(H,57,73)(H,58,74)(H,59,75)(H,60,76)(H,61,77)(H,62,78)(H,79,80)(H,81,82)(H,83,84)(H,85,86)(H,87,88)(H,89,90). The van der Waals surface area contributed by atoms with Gasteiger partial charge in [-0.2, -0.15) is 0 Å². The Bertz CT molecular complexity index is 2510. The number of carbonyl (C=O) groups excluding carboxylic acids is 8. The Morgan fingerprint density at radius 3 is 0.522 bits per heavy atom. The average Bonchev–Trinajstić information content (AvgIpc) is 0.794. The van der Waals surface area contributed by atoms with Crippen LogP contribution in [0.25, 0.3) is 0 Å². The largest absolute Gasteiger partial charge is 0.480 e. The highest BCUT2D eigenvalue weighted by molar-refractivity contribution is 5.86. The van der Waals surface area contributed by atoms with Gasteiger partial charge in [0.2, 0.25) is 47.3 Å². The van der Waals surface area contributed by atoms with Crippen molar-refractivity contribution in [3.8, 4) is 0 Å². The summed E-state index contributed by atoms with van der Waals surface area (Å²) in [6.07, 6.45) is 0. The fourth-order valence-corrected chi connectivity index (χ4v) is 9.05. The molecule has 514 valence electrons. The van der Waals surface area contributed by atoms with E-state index in [2.05, 4.69) is 53.2 Å². The van der Waals surface area contributed by atoms with Crippen LogP contribution in [0.4, 0.5) is 11.4 Å². The molecule has 0 aliphatic carbocycles. The lowest BCUT2D eigenvalue weighted by Gasteiger charge is -2.33. The number of anilines is 2. The van der Waals surface area contributed by atoms with Crippen molar-refractivity contribution in [2.45, 2.75) is 0 Å². The minimum atomic E-state index is -1.28. The molecule has 0 spiro atoms. The second-order valence-electron chi connectivity index (χ2n) is 21.2. The molecule has 2 heterocycles. The number of nitrogens with one attached hydrogen (secondary N) is 10. The molecule has 2 fully saturated rings. The molecule has 2 aliphatic rings. The number of rotatable bonds is 36. The number of hydrogen-bond donors (Lipinski definition) is 16. The van der Waals surface area contributed by atoms with Crippen LogP contribution in [0, 0.1) is 0 Å². The highest BCUT2D eigenvalue weighted by atomic mass is 16.4. The Balaban J connectivity index is 1.66. The molecule has 40 nitrogen and oxygen atoms in total. The van der Waals surface area contributed by atoms with Crippen LogP contribution in [0.5, 0.6) is 0 Å². The van der Waals surface area contributed by atoms with Crippen molar-refractivity contribution in [1.82, 2.24) is 81.7 Å². The molecule has 1 aromatic rings. The molecule has 0 saturated carbocycles. The van der Waals surface area contributed by atoms with E-state index in [4.69, 9.17) is 30.6 Å². The van der Waals surface area contributed by atoms with Gasteiger partial charge in [-0.15, -0.1) is 0 Å². The van der Waals surface area contributed by atoms with Crippen molar-refractivity contribution in [2.24, 2.45) is 0 Å². The maximum absolute atomic E-state index is 13.5. The number of nitrogens with zero attached hydrogens (tertiary/aromatic N) is 8. The van der Waals surface area contributed by atoms with E-state index in [0.717, 1.165) is 0 Å². The number of amides is 8. The molecule has 16 N–H and O–H groups in total. The normalized spacial score (nSPS) is 16.1. The van der Waals surface area contributed by atoms with Crippen molar-refractivity contribution in [2.75, 3.05) is 233 Å². The Morgan fingerprint density at radius 2 is 0.380 bits per heavy atom. The molecule has 0 aromatic heterocycles. The lowest BCUT2D eigenvalue weighted by Crippen LogP contribution is -2.52. The van der Waals surface area contributed by atoms with E-state index in [1.54, 1.807) is 39.2 Å². The SMILES string of the molecule is O=C(O)CNC(=O)CN1CCN(CC(=O)NCCNc2c(NCCNC(=O)CN3CCN(CC(=O)NCC(=O)O)CCN(CC(=O)NCC(=O)O)CCN(CC(=O)NCC(=O)O)CC3)c(=O)c2=O)CCN(CC(=O)NCC(=O)O)CCN(CC(=O)NCC(=O)O)CC1. The summed E-state index contributed by atoms with van der Waals surface area (Å²) < 4.78 is 0. The Hall–Kier alpha value is -9.06. The molecule has 0 unspecified atom stereocenters. The molecule has 8 amide bonds. The molecule has 1 aromatic carbocycles. The first-order valence-corrected chi connectivity index (χ1v) is 29.2. The minimum Gasteiger partial charge on any atom is -0.480 e. The van der Waals surface area contributed by atoms with Gasteiger partial charge < -0.3 is 83.8 Å². The molecular formula is C52H84N18O22. The van der Waals surface area contributed by atoms with E-state index >= 15 is 0 Å². The van der Waals surface area contributed by atoms with Gasteiger partial charge in [0.25, 0.3) is 10.9 Å². The monoisotopic (exact) mass is 1310 g/mol. The molecule has 92 heavy (non-hydrogen) atoms. The van der Waals surface area contributed by atoms with Crippen LogP contribution in [0.2, 0.25) is 0 Å². The van der Waals surface area contributed by atoms with Crippen molar-refractivity contribution in [1.29, 1.82) is 0 Å². The Labute approximate surface area is 526 Å². The smallest absolute Gasteiger partial charge is 0.322 e. The lowest BCUT2D eigenvalue weighted by molar-refractivity contribution is -0.138. The minimum absolute atomic E-state index is 0.0416. The molecule has 3 rings (SSSR count). The Morgan fingerprint density at radius 1 is 0.239 bits per heavy atom. The first-order chi connectivity index (χ1) is 43.6. The zero-order valence-corrected chi connectivity index (χ0v) is 50.8. The summed E-state index contributed by atoms with van der Waals surface area (Å²) in [5.41, 5.74) is -1.85. The predicted octanol–water partition coefficient (Wildman–Crippen LogP) is -12.0. The summed E-state index contributed by atoms with van der Waals surface area (Å²) in [6, 6.07) is 0. The van der Waals surface area contributed by atoms with Gasteiger partial charge in [-0.25, -0.2) is 0 Å². The fraction of sp³-hybridized carbons (Fsp3) is 0.654. The van der Waals surface area contributed by atoms with E-state index in [9.17, 15) is 76.7 Å². The van der Waals surface area contributed by atoms with Gasteiger partial charge in [0.15, 0.2) is 0 Å². The van der Waals surface area contributed by atoms with Gasteiger partial charge in [-0.1, -0.05) is 0 Å². The topological polar surface area (TPSA) is 541 Å². The first-order valence-electron chi connectivity index (χ1n) is 29.2.